The lowest BCUT2D eigenvalue weighted by Gasteiger charge is -2.39. The van der Waals surface area contributed by atoms with Crippen LogP contribution in [0.4, 0.5) is 0 Å². The van der Waals surface area contributed by atoms with E-state index in [0.717, 1.165) is 18.1 Å². The van der Waals surface area contributed by atoms with Crippen molar-refractivity contribution in [1.82, 2.24) is 9.80 Å². The highest BCUT2D eigenvalue weighted by molar-refractivity contribution is 6.30. The zero-order valence-electron chi connectivity index (χ0n) is 15.1. The fourth-order valence-electron chi connectivity index (χ4n) is 3.41. The first-order chi connectivity index (χ1) is 13.2. The molecule has 6 heteroatoms. The molecule has 0 radical (unpaired) electrons. The summed E-state index contributed by atoms with van der Waals surface area (Å²) in [6, 6.07) is 18.4. The number of carbonyl (C=O) groups excluding carboxylic acids is 2. The van der Waals surface area contributed by atoms with Gasteiger partial charge in [-0.05, 0) is 23.3 Å². The van der Waals surface area contributed by atoms with Crippen LogP contribution in [0.1, 0.15) is 17.2 Å². The Morgan fingerprint density at radius 3 is 2.26 bits per heavy atom. The SMILES string of the molecule is O=CCOCC(=O)N1CCN(C(c2ccccc2)c2ccc(Cl)cc2)CC1. The highest BCUT2D eigenvalue weighted by Crippen LogP contribution is 2.30. The number of rotatable bonds is 7. The topological polar surface area (TPSA) is 49.9 Å². The fraction of sp³-hybridized carbons (Fsp3) is 0.333. The van der Waals surface area contributed by atoms with E-state index in [1.807, 2.05) is 30.3 Å². The van der Waals surface area contributed by atoms with E-state index in [1.54, 1.807) is 4.90 Å². The molecule has 0 aromatic heterocycles. The lowest BCUT2D eigenvalue weighted by Crippen LogP contribution is -2.50. The predicted octanol–water partition coefficient (Wildman–Crippen LogP) is 2.79. The minimum atomic E-state index is -0.0701. The van der Waals surface area contributed by atoms with Crippen molar-refractivity contribution in [3.63, 3.8) is 0 Å². The Hall–Kier alpha value is -2.21. The summed E-state index contributed by atoms with van der Waals surface area (Å²) in [6.07, 6.45) is 0.655. The van der Waals surface area contributed by atoms with Crippen molar-refractivity contribution in [3.8, 4) is 0 Å². The maximum Gasteiger partial charge on any atom is 0.248 e. The summed E-state index contributed by atoms with van der Waals surface area (Å²) in [5, 5.41) is 0.719. The van der Waals surface area contributed by atoms with Gasteiger partial charge in [0, 0.05) is 31.2 Å². The van der Waals surface area contributed by atoms with E-state index >= 15 is 0 Å². The maximum absolute atomic E-state index is 12.2. The lowest BCUT2D eigenvalue weighted by molar-refractivity contribution is -0.138. The number of hydrogen-bond donors (Lipinski definition) is 0. The van der Waals surface area contributed by atoms with Crippen LogP contribution in [0, 0.1) is 0 Å². The van der Waals surface area contributed by atoms with Gasteiger partial charge in [-0.1, -0.05) is 54.1 Å². The summed E-state index contributed by atoms with van der Waals surface area (Å²) in [6.45, 7) is 2.72. The third-order valence-corrected chi connectivity index (χ3v) is 5.00. The Morgan fingerprint density at radius 2 is 1.63 bits per heavy atom. The molecular formula is C21H23ClN2O3. The first-order valence-corrected chi connectivity index (χ1v) is 9.40. The van der Waals surface area contributed by atoms with E-state index in [9.17, 15) is 9.59 Å². The summed E-state index contributed by atoms with van der Waals surface area (Å²) in [4.78, 5) is 26.7. The molecule has 0 bridgehead atoms. The van der Waals surface area contributed by atoms with E-state index in [2.05, 4.69) is 29.2 Å². The molecule has 27 heavy (non-hydrogen) atoms. The Morgan fingerprint density at radius 1 is 1.00 bits per heavy atom. The highest BCUT2D eigenvalue weighted by atomic mass is 35.5. The van der Waals surface area contributed by atoms with Gasteiger partial charge in [0.25, 0.3) is 0 Å². The van der Waals surface area contributed by atoms with Crippen LogP contribution in [-0.2, 0) is 14.3 Å². The van der Waals surface area contributed by atoms with Crippen LogP contribution in [0.3, 0.4) is 0 Å². The summed E-state index contributed by atoms with van der Waals surface area (Å²) >= 11 is 6.06. The molecule has 1 amide bonds. The lowest BCUT2D eigenvalue weighted by atomic mass is 9.96. The molecule has 142 valence electrons. The summed E-state index contributed by atoms with van der Waals surface area (Å²) in [7, 11) is 0. The van der Waals surface area contributed by atoms with Gasteiger partial charge in [-0.3, -0.25) is 9.69 Å². The minimum absolute atomic E-state index is 0.0433. The maximum atomic E-state index is 12.2. The molecule has 0 aliphatic carbocycles. The van der Waals surface area contributed by atoms with E-state index < -0.39 is 0 Å². The van der Waals surface area contributed by atoms with E-state index in [4.69, 9.17) is 16.3 Å². The number of carbonyl (C=O) groups is 2. The number of nitrogens with zero attached hydrogens (tertiary/aromatic N) is 2. The number of ether oxygens (including phenoxy) is 1. The van der Waals surface area contributed by atoms with Crippen molar-refractivity contribution in [1.29, 1.82) is 0 Å². The normalized spacial score (nSPS) is 16.1. The van der Waals surface area contributed by atoms with Crippen molar-refractivity contribution in [3.05, 3.63) is 70.7 Å². The molecule has 1 aliphatic heterocycles. The second-order valence-corrected chi connectivity index (χ2v) is 6.90. The molecule has 5 nitrogen and oxygen atoms in total. The zero-order chi connectivity index (χ0) is 19.1. The van der Waals surface area contributed by atoms with Gasteiger partial charge in [-0.2, -0.15) is 0 Å². The summed E-state index contributed by atoms with van der Waals surface area (Å²) in [5.41, 5.74) is 2.40. The van der Waals surface area contributed by atoms with E-state index in [1.165, 1.54) is 11.1 Å². The van der Waals surface area contributed by atoms with Gasteiger partial charge < -0.3 is 14.4 Å². The molecule has 1 unspecified atom stereocenters. The van der Waals surface area contributed by atoms with Gasteiger partial charge >= 0.3 is 0 Å². The second-order valence-electron chi connectivity index (χ2n) is 6.46. The number of hydrogen-bond acceptors (Lipinski definition) is 4. The monoisotopic (exact) mass is 386 g/mol. The molecular weight excluding hydrogens is 364 g/mol. The molecule has 1 aliphatic rings. The highest BCUT2D eigenvalue weighted by Gasteiger charge is 2.28. The van der Waals surface area contributed by atoms with Crippen LogP contribution in [0.25, 0.3) is 0 Å². The number of amides is 1. The third-order valence-electron chi connectivity index (χ3n) is 4.74. The van der Waals surface area contributed by atoms with Gasteiger partial charge in [-0.25, -0.2) is 0 Å². The molecule has 0 N–H and O–H groups in total. The molecule has 1 atom stereocenters. The van der Waals surface area contributed by atoms with Crippen LogP contribution in [0.2, 0.25) is 5.02 Å². The van der Waals surface area contributed by atoms with Crippen LogP contribution >= 0.6 is 11.6 Å². The number of aldehydes is 1. The van der Waals surface area contributed by atoms with Crippen LogP contribution in [0.5, 0.6) is 0 Å². The molecule has 3 rings (SSSR count). The van der Waals surface area contributed by atoms with Crippen molar-refractivity contribution < 1.29 is 14.3 Å². The first kappa shape index (κ1) is 19.5. The van der Waals surface area contributed by atoms with Crippen molar-refractivity contribution >= 4 is 23.8 Å². The number of piperazine rings is 1. The smallest absolute Gasteiger partial charge is 0.248 e. The van der Waals surface area contributed by atoms with Gasteiger partial charge in [0.2, 0.25) is 5.91 Å². The largest absolute Gasteiger partial charge is 0.364 e. The molecule has 2 aromatic rings. The van der Waals surface area contributed by atoms with Gasteiger partial charge in [0.15, 0.2) is 0 Å². The zero-order valence-corrected chi connectivity index (χ0v) is 15.8. The van der Waals surface area contributed by atoms with Crippen molar-refractivity contribution in [2.24, 2.45) is 0 Å². The van der Waals surface area contributed by atoms with E-state index in [-0.39, 0.29) is 25.2 Å². The van der Waals surface area contributed by atoms with Gasteiger partial charge in [-0.15, -0.1) is 0 Å². The molecule has 0 saturated carbocycles. The fourth-order valence-corrected chi connectivity index (χ4v) is 3.54. The number of halogens is 1. The Balaban J connectivity index is 1.70. The minimum Gasteiger partial charge on any atom is -0.364 e. The number of benzene rings is 2. The average Bonchev–Trinajstić information content (AvgIpc) is 2.71. The summed E-state index contributed by atoms with van der Waals surface area (Å²) in [5.74, 6) is -0.0701. The van der Waals surface area contributed by atoms with Crippen molar-refractivity contribution in [2.45, 2.75) is 6.04 Å². The molecule has 1 saturated heterocycles. The molecule has 0 spiro atoms. The third kappa shape index (κ3) is 5.16. The van der Waals surface area contributed by atoms with Crippen LogP contribution < -0.4 is 0 Å². The molecule has 1 fully saturated rings. The van der Waals surface area contributed by atoms with Gasteiger partial charge in [0.1, 0.15) is 19.5 Å². The first-order valence-electron chi connectivity index (χ1n) is 9.02. The van der Waals surface area contributed by atoms with Crippen molar-refractivity contribution in [2.75, 3.05) is 39.4 Å². The molecule has 2 aromatic carbocycles. The quantitative estimate of drug-likeness (QED) is 0.542. The average molecular weight is 387 g/mol. The van der Waals surface area contributed by atoms with Gasteiger partial charge in [0.05, 0.1) is 6.04 Å². The van der Waals surface area contributed by atoms with Crippen LogP contribution in [0.15, 0.2) is 54.6 Å². The Bertz CT molecular complexity index is 744. The molecule has 1 heterocycles. The standard InChI is InChI=1S/C21H23ClN2O3/c22-19-8-6-18(7-9-19)21(17-4-2-1-3-5-17)24-12-10-23(11-13-24)20(26)16-27-15-14-25/h1-9,14,21H,10-13,15-16H2. The summed E-state index contributed by atoms with van der Waals surface area (Å²) < 4.78 is 5.04. The Labute approximate surface area is 164 Å². The predicted molar refractivity (Wildman–Crippen MR) is 105 cm³/mol. The van der Waals surface area contributed by atoms with E-state index in [0.29, 0.717) is 19.4 Å². The Kier molecular flexibility index (Phi) is 6.98. The second kappa shape index (κ2) is 9.65. The van der Waals surface area contributed by atoms with Crippen LogP contribution in [-0.4, -0.2) is 61.4 Å².